The Morgan fingerprint density at radius 1 is 1.05 bits per heavy atom. The number of hydrogen-bond donors (Lipinski definition) is 1. The van der Waals surface area contributed by atoms with E-state index in [-0.39, 0.29) is 0 Å². The number of imidazole rings is 1. The molecule has 3 aromatic rings. The van der Waals surface area contributed by atoms with Gasteiger partial charge >= 0.3 is 0 Å². The van der Waals surface area contributed by atoms with Crippen molar-refractivity contribution in [3.05, 3.63) is 60.2 Å². The molecule has 20 heavy (non-hydrogen) atoms. The first kappa shape index (κ1) is 12.4. The lowest BCUT2D eigenvalue weighted by Crippen LogP contribution is -1.97. The van der Waals surface area contributed by atoms with Crippen molar-refractivity contribution >= 4 is 5.82 Å². The van der Waals surface area contributed by atoms with E-state index in [2.05, 4.69) is 46.6 Å². The molecule has 2 heterocycles. The van der Waals surface area contributed by atoms with Gasteiger partial charge in [-0.3, -0.25) is 4.57 Å². The van der Waals surface area contributed by atoms with Crippen molar-refractivity contribution in [1.82, 2.24) is 14.5 Å². The second-order valence-electron chi connectivity index (χ2n) is 4.89. The van der Waals surface area contributed by atoms with Gasteiger partial charge in [0.1, 0.15) is 5.82 Å². The number of nitrogens with two attached hydrogens (primary N) is 1. The number of hydrogen-bond acceptors (Lipinski definition) is 3. The zero-order valence-electron chi connectivity index (χ0n) is 11.5. The van der Waals surface area contributed by atoms with Crippen molar-refractivity contribution in [1.29, 1.82) is 0 Å². The molecule has 0 amide bonds. The Kier molecular flexibility index (Phi) is 2.99. The standard InChI is InChI=1S/C16H16N4/c1-11-3-4-14(7-12(11)2)20-10-18-9-15(20)13-5-6-19-16(17)8-13/h3-10H,1-2H3,(H2,17,19). The normalized spacial score (nSPS) is 10.7. The van der Waals surface area contributed by atoms with E-state index in [0.29, 0.717) is 5.82 Å². The first-order valence-corrected chi connectivity index (χ1v) is 6.47. The Morgan fingerprint density at radius 2 is 1.90 bits per heavy atom. The van der Waals surface area contributed by atoms with Gasteiger partial charge in [0.15, 0.2) is 0 Å². The summed E-state index contributed by atoms with van der Waals surface area (Å²) in [7, 11) is 0. The van der Waals surface area contributed by atoms with Gasteiger partial charge in [-0.05, 0) is 49.2 Å². The highest BCUT2D eigenvalue weighted by Crippen LogP contribution is 2.24. The van der Waals surface area contributed by atoms with Crippen molar-refractivity contribution in [2.75, 3.05) is 5.73 Å². The summed E-state index contributed by atoms with van der Waals surface area (Å²) in [4.78, 5) is 8.28. The molecule has 3 rings (SSSR count). The van der Waals surface area contributed by atoms with Crippen LogP contribution in [0.15, 0.2) is 49.1 Å². The maximum Gasteiger partial charge on any atom is 0.123 e. The van der Waals surface area contributed by atoms with Gasteiger partial charge in [0.25, 0.3) is 0 Å². The van der Waals surface area contributed by atoms with Gasteiger partial charge in [-0.25, -0.2) is 9.97 Å². The predicted octanol–water partition coefficient (Wildman–Crippen LogP) is 3.13. The fourth-order valence-electron chi connectivity index (χ4n) is 2.20. The summed E-state index contributed by atoms with van der Waals surface area (Å²) in [6.07, 6.45) is 5.36. The van der Waals surface area contributed by atoms with Crippen molar-refractivity contribution in [3.63, 3.8) is 0 Å². The Labute approximate surface area is 117 Å². The van der Waals surface area contributed by atoms with Gasteiger partial charge in [-0.2, -0.15) is 0 Å². The van der Waals surface area contributed by atoms with Gasteiger partial charge in [0.05, 0.1) is 18.2 Å². The maximum atomic E-state index is 5.76. The molecule has 2 N–H and O–H groups in total. The number of pyridine rings is 1. The number of anilines is 1. The molecule has 0 saturated heterocycles. The first-order chi connectivity index (χ1) is 9.65. The van der Waals surface area contributed by atoms with Crippen LogP contribution in [0.25, 0.3) is 16.9 Å². The third kappa shape index (κ3) is 2.16. The summed E-state index contributed by atoms with van der Waals surface area (Å²) in [5.41, 5.74) is 11.4. The fourth-order valence-corrected chi connectivity index (χ4v) is 2.20. The molecule has 0 radical (unpaired) electrons. The topological polar surface area (TPSA) is 56.7 Å². The van der Waals surface area contributed by atoms with Crippen LogP contribution in [0.3, 0.4) is 0 Å². The van der Waals surface area contributed by atoms with Crippen LogP contribution < -0.4 is 5.73 Å². The Bertz CT molecular complexity index is 759. The summed E-state index contributed by atoms with van der Waals surface area (Å²) in [6, 6.07) is 10.2. The number of nitrogen functional groups attached to an aromatic ring is 1. The second kappa shape index (κ2) is 4.81. The van der Waals surface area contributed by atoms with E-state index in [1.54, 1.807) is 6.20 Å². The van der Waals surface area contributed by atoms with E-state index in [1.807, 2.05) is 24.7 Å². The molecule has 100 valence electrons. The molecule has 0 fully saturated rings. The van der Waals surface area contributed by atoms with Crippen LogP contribution in [-0.2, 0) is 0 Å². The minimum absolute atomic E-state index is 0.510. The molecule has 2 aromatic heterocycles. The summed E-state index contributed by atoms with van der Waals surface area (Å²) in [6.45, 7) is 4.22. The van der Waals surface area contributed by atoms with Crippen LogP contribution in [0.2, 0.25) is 0 Å². The number of rotatable bonds is 2. The highest BCUT2D eigenvalue weighted by Gasteiger charge is 2.08. The Hall–Kier alpha value is -2.62. The largest absolute Gasteiger partial charge is 0.384 e. The molecule has 0 aliphatic carbocycles. The van der Waals surface area contributed by atoms with Crippen LogP contribution in [0, 0.1) is 13.8 Å². The molecule has 0 atom stereocenters. The lowest BCUT2D eigenvalue weighted by Gasteiger charge is -2.10. The molecular weight excluding hydrogens is 248 g/mol. The molecule has 0 unspecified atom stereocenters. The van der Waals surface area contributed by atoms with Gasteiger partial charge in [0.2, 0.25) is 0 Å². The monoisotopic (exact) mass is 264 g/mol. The minimum atomic E-state index is 0.510. The van der Waals surface area contributed by atoms with Crippen LogP contribution in [-0.4, -0.2) is 14.5 Å². The molecule has 1 aromatic carbocycles. The van der Waals surface area contributed by atoms with E-state index >= 15 is 0 Å². The predicted molar refractivity (Wildman–Crippen MR) is 80.7 cm³/mol. The molecule has 0 bridgehead atoms. The van der Waals surface area contributed by atoms with Gasteiger partial charge in [-0.15, -0.1) is 0 Å². The molecule has 0 saturated carbocycles. The lowest BCUT2D eigenvalue weighted by atomic mass is 10.1. The summed E-state index contributed by atoms with van der Waals surface area (Å²) in [5, 5.41) is 0. The lowest BCUT2D eigenvalue weighted by molar-refractivity contribution is 1.05. The number of aryl methyl sites for hydroxylation is 2. The van der Waals surface area contributed by atoms with Gasteiger partial charge in [0, 0.05) is 17.4 Å². The Balaban J connectivity index is 2.12. The van der Waals surface area contributed by atoms with E-state index in [4.69, 9.17) is 5.73 Å². The Morgan fingerprint density at radius 3 is 2.65 bits per heavy atom. The summed E-state index contributed by atoms with van der Waals surface area (Å²) >= 11 is 0. The van der Waals surface area contributed by atoms with E-state index in [0.717, 1.165) is 16.9 Å². The molecular formula is C16H16N4. The van der Waals surface area contributed by atoms with Crippen LogP contribution in [0.5, 0.6) is 0 Å². The van der Waals surface area contributed by atoms with E-state index in [9.17, 15) is 0 Å². The van der Waals surface area contributed by atoms with Crippen LogP contribution in [0.4, 0.5) is 5.82 Å². The smallest absolute Gasteiger partial charge is 0.123 e. The average Bonchev–Trinajstić information content (AvgIpc) is 2.91. The third-order valence-corrected chi connectivity index (χ3v) is 3.48. The third-order valence-electron chi connectivity index (χ3n) is 3.48. The maximum absolute atomic E-state index is 5.76. The van der Waals surface area contributed by atoms with Gasteiger partial charge in [-0.1, -0.05) is 6.07 Å². The van der Waals surface area contributed by atoms with Crippen LogP contribution >= 0.6 is 0 Å². The summed E-state index contributed by atoms with van der Waals surface area (Å²) in [5.74, 6) is 0.510. The second-order valence-corrected chi connectivity index (χ2v) is 4.89. The van der Waals surface area contributed by atoms with Crippen molar-refractivity contribution < 1.29 is 0 Å². The zero-order valence-corrected chi connectivity index (χ0v) is 11.5. The number of aromatic nitrogens is 3. The molecule has 0 spiro atoms. The minimum Gasteiger partial charge on any atom is -0.384 e. The number of benzene rings is 1. The highest BCUT2D eigenvalue weighted by atomic mass is 15.0. The zero-order chi connectivity index (χ0) is 14.1. The van der Waals surface area contributed by atoms with Gasteiger partial charge < -0.3 is 5.73 Å². The van der Waals surface area contributed by atoms with Crippen molar-refractivity contribution in [3.8, 4) is 16.9 Å². The molecule has 0 aliphatic rings. The van der Waals surface area contributed by atoms with Crippen LogP contribution in [0.1, 0.15) is 11.1 Å². The van der Waals surface area contributed by atoms with Crippen molar-refractivity contribution in [2.24, 2.45) is 0 Å². The SMILES string of the molecule is Cc1ccc(-n2cncc2-c2ccnc(N)c2)cc1C. The van der Waals surface area contributed by atoms with E-state index in [1.165, 1.54) is 11.1 Å². The first-order valence-electron chi connectivity index (χ1n) is 6.47. The molecule has 4 heteroatoms. The molecule has 4 nitrogen and oxygen atoms in total. The average molecular weight is 264 g/mol. The molecule has 0 aliphatic heterocycles. The summed E-state index contributed by atoms with van der Waals surface area (Å²) < 4.78 is 2.06. The highest BCUT2D eigenvalue weighted by molar-refractivity contribution is 5.64. The fraction of sp³-hybridized carbons (Fsp3) is 0.125. The quantitative estimate of drug-likeness (QED) is 0.773. The van der Waals surface area contributed by atoms with Crippen molar-refractivity contribution in [2.45, 2.75) is 13.8 Å². The number of nitrogens with zero attached hydrogens (tertiary/aromatic N) is 3. The van der Waals surface area contributed by atoms with E-state index < -0.39 is 0 Å².